The molecule has 1 atom stereocenters. The molecular weight excluding hydrogens is 362 g/mol. The Labute approximate surface area is 173 Å². The Balaban J connectivity index is 1.30. The Bertz CT molecular complexity index is 784. The van der Waals surface area contributed by atoms with E-state index in [0.29, 0.717) is 0 Å². The molecule has 5 nitrogen and oxygen atoms in total. The first-order valence-electron chi connectivity index (χ1n) is 10.6. The second kappa shape index (κ2) is 9.08. The van der Waals surface area contributed by atoms with Crippen LogP contribution >= 0.6 is 0 Å². The highest BCUT2D eigenvalue weighted by Gasteiger charge is 2.46. The molecule has 0 saturated carbocycles. The van der Waals surface area contributed by atoms with Gasteiger partial charge >= 0.3 is 0 Å². The summed E-state index contributed by atoms with van der Waals surface area (Å²) in [4.78, 5) is 17.8. The third-order valence-electron chi connectivity index (χ3n) is 6.21. The maximum atomic E-state index is 12.7. The van der Waals surface area contributed by atoms with E-state index < -0.39 is 0 Å². The highest BCUT2D eigenvalue weighted by Crippen LogP contribution is 2.33. The van der Waals surface area contributed by atoms with Crippen molar-refractivity contribution in [1.29, 1.82) is 0 Å². The standard InChI is InChI=1S/C24H31N3O2/c1-20(23(28)25-22-10-6-3-7-11-22)16-24(18-29-19-24)27-14-12-26(13-15-27)17-21-8-4-2-5-9-21/h2-11,20H,12-19H2,1H3,(H,25,28). The molecule has 2 aliphatic heterocycles. The first-order valence-corrected chi connectivity index (χ1v) is 10.6. The lowest BCUT2D eigenvalue weighted by Gasteiger charge is -2.53. The SMILES string of the molecule is CC(CC1(N2CCN(Cc3ccccc3)CC2)COC1)C(=O)Nc1ccccc1. The maximum absolute atomic E-state index is 12.7. The van der Waals surface area contributed by atoms with Crippen LogP contribution < -0.4 is 5.32 Å². The monoisotopic (exact) mass is 393 g/mol. The quantitative estimate of drug-likeness (QED) is 0.784. The largest absolute Gasteiger partial charge is 0.377 e. The minimum Gasteiger partial charge on any atom is -0.377 e. The van der Waals surface area contributed by atoms with Gasteiger partial charge in [0.2, 0.25) is 5.91 Å². The third kappa shape index (κ3) is 4.86. The van der Waals surface area contributed by atoms with Crippen LogP contribution in [-0.4, -0.2) is 60.6 Å². The van der Waals surface area contributed by atoms with E-state index in [1.807, 2.05) is 37.3 Å². The van der Waals surface area contributed by atoms with Crippen molar-refractivity contribution in [3.63, 3.8) is 0 Å². The Morgan fingerprint density at radius 1 is 1.00 bits per heavy atom. The normalized spacial score (nSPS) is 20.6. The fraction of sp³-hybridized carbons (Fsp3) is 0.458. The van der Waals surface area contributed by atoms with Gasteiger partial charge in [-0.15, -0.1) is 0 Å². The van der Waals surface area contributed by atoms with Crippen LogP contribution in [0.5, 0.6) is 0 Å². The molecule has 1 N–H and O–H groups in total. The van der Waals surface area contributed by atoms with E-state index >= 15 is 0 Å². The lowest BCUT2D eigenvalue weighted by atomic mass is 9.83. The van der Waals surface area contributed by atoms with Crippen molar-refractivity contribution in [2.75, 3.05) is 44.7 Å². The summed E-state index contributed by atoms with van der Waals surface area (Å²) in [5, 5.41) is 3.04. The van der Waals surface area contributed by atoms with Crippen LogP contribution in [0.25, 0.3) is 0 Å². The van der Waals surface area contributed by atoms with Crippen molar-refractivity contribution in [2.24, 2.45) is 5.92 Å². The van der Waals surface area contributed by atoms with Crippen molar-refractivity contribution >= 4 is 11.6 Å². The van der Waals surface area contributed by atoms with Gasteiger partial charge < -0.3 is 10.1 Å². The van der Waals surface area contributed by atoms with Crippen LogP contribution in [0.15, 0.2) is 60.7 Å². The van der Waals surface area contributed by atoms with Gasteiger partial charge in [-0.25, -0.2) is 0 Å². The topological polar surface area (TPSA) is 44.8 Å². The number of amides is 1. The predicted molar refractivity (Wildman–Crippen MR) is 116 cm³/mol. The zero-order valence-electron chi connectivity index (χ0n) is 17.2. The summed E-state index contributed by atoms with van der Waals surface area (Å²) >= 11 is 0. The van der Waals surface area contributed by atoms with Crippen LogP contribution in [0.1, 0.15) is 18.9 Å². The molecule has 154 valence electrons. The Hall–Kier alpha value is -2.21. The highest BCUT2D eigenvalue weighted by molar-refractivity contribution is 5.92. The van der Waals surface area contributed by atoms with E-state index in [4.69, 9.17) is 4.74 Å². The molecular formula is C24H31N3O2. The van der Waals surface area contributed by atoms with Gasteiger partial charge in [-0.2, -0.15) is 0 Å². The van der Waals surface area contributed by atoms with Crippen molar-refractivity contribution in [3.05, 3.63) is 66.2 Å². The zero-order chi connectivity index (χ0) is 20.1. The van der Waals surface area contributed by atoms with Crippen LogP contribution in [0, 0.1) is 5.92 Å². The summed E-state index contributed by atoms with van der Waals surface area (Å²) in [7, 11) is 0. The molecule has 0 aromatic heterocycles. The number of hydrogen-bond acceptors (Lipinski definition) is 4. The number of nitrogens with zero attached hydrogens (tertiary/aromatic N) is 2. The van der Waals surface area contributed by atoms with E-state index in [2.05, 4.69) is 45.4 Å². The van der Waals surface area contributed by atoms with E-state index in [-0.39, 0.29) is 17.4 Å². The van der Waals surface area contributed by atoms with Gasteiger partial charge in [0.25, 0.3) is 0 Å². The number of carbonyl (C=O) groups is 1. The zero-order valence-corrected chi connectivity index (χ0v) is 17.2. The van der Waals surface area contributed by atoms with Crippen LogP contribution in [0.4, 0.5) is 5.69 Å². The number of piperazine rings is 1. The first-order chi connectivity index (χ1) is 14.1. The molecule has 0 spiro atoms. The number of anilines is 1. The number of rotatable bonds is 7. The van der Waals surface area contributed by atoms with E-state index in [1.54, 1.807) is 0 Å². The first kappa shape index (κ1) is 20.1. The van der Waals surface area contributed by atoms with Gasteiger partial charge in [0.05, 0.1) is 18.8 Å². The Morgan fingerprint density at radius 3 is 2.21 bits per heavy atom. The van der Waals surface area contributed by atoms with Gasteiger partial charge in [0, 0.05) is 44.3 Å². The second-order valence-corrected chi connectivity index (χ2v) is 8.43. The lowest BCUT2D eigenvalue weighted by molar-refractivity contribution is -0.161. The molecule has 1 amide bonds. The summed E-state index contributed by atoms with van der Waals surface area (Å²) < 4.78 is 5.63. The van der Waals surface area contributed by atoms with E-state index in [1.165, 1.54) is 5.56 Å². The molecule has 2 aromatic rings. The summed E-state index contributed by atoms with van der Waals surface area (Å²) in [6, 6.07) is 20.4. The third-order valence-corrected chi connectivity index (χ3v) is 6.21. The number of para-hydroxylation sites is 1. The average Bonchev–Trinajstić information content (AvgIpc) is 2.73. The van der Waals surface area contributed by atoms with Gasteiger partial charge in [0.15, 0.2) is 0 Å². The highest BCUT2D eigenvalue weighted by atomic mass is 16.5. The van der Waals surface area contributed by atoms with Gasteiger partial charge in [-0.1, -0.05) is 55.5 Å². The second-order valence-electron chi connectivity index (χ2n) is 8.43. The summed E-state index contributed by atoms with van der Waals surface area (Å²) in [5.41, 5.74) is 2.23. The van der Waals surface area contributed by atoms with Gasteiger partial charge in [0.1, 0.15) is 0 Å². The summed E-state index contributed by atoms with van der Waals surface area (Å²) in [6.45, 7) is 8.68. The average molecular weight is 394 g/mol. The number of benzene rings is 2. The number of hydrogen-bond donors (Lipinski definition) is 1. The molecule has 29 heavy (non-hydrogen) atoms. The molecule has 2 aromatic carbocycles. The molecule has 0 radical (unpaired) electrons. The molecule has 5 heteroatoms. The molecule has 0 aliphatic carbocycles. The summed E-state index contributed by atoms with van der Waals surface area (Å²) in [5.74, 6) is 0.0339. The predicted octanol–water partition coefficient (Wildman–Crippen LogP) is 3.24. The van der Waals surface area contributed by atoms with Crippen LogP contribution in [0.3, 0.4) is 0 Å². The molecule has 0 bridgehead atoms. The van der Waals surface area contributed by atoms with E-state index in [9.17, 15) is 4.79 Å². The molecule has 4 rings (SSSR count). The maximum Gasteiger partial charge on any atom is 0.227 e. The van der Waals surface area contributed by atoms with Crippen molar-refractivity contribution in [1.82, 2.24) is 9.80 Å². The Morgan fingerprint density at radius 2 is 1.62 bits per heavy atom. The number of carbonyl (C=O) groups excluding carboxylic acids is 1. The smallest absolute Gasteiger partial charge is 0.227 e. The molecule has 2 fully saturated rings. The van der Waals surface area contributed by atoms with E-state index in [0.717, 1.165) is 58.0 Å². The van der Waals surface area contributed by atoms with Crippen LogP contribution in [-0.2, 0) is 16.1 Å². The van der Waals surface area contributed by atoms with Crippen molar-refractivity contribution < 1.29 is 9.53 Å². The fourth-order valence-corrected chi connectivity index (χ4v) is 4.44. The fourth-order valence-electron chi connectivity index (χ4n) is 4.44. The molecule has 1 unspecified atom stereocenters. The minimum absolute atomic E-state index is 0.00623. The lowest BCUT2D eigenvalue weighted by Crippen LogP contribution is -2.66. The summed E-state index contributed by atoms with van der Waals surface area (Å²) in [6.07, 6.45) is 0.838. The number of ether oxygens (including phenoxy) is 1. The molecule has 2 heterocycles. The number of nitrogens with one attached hydrogen (secondary N) is 1. The van der Waals surface area contributed by atoms with Gasteiger partial charge in [-0.05, 0) is 24.1 Å². The van der Waals surface area contributed by atoms with Crippen molar-refractivity contribution in [2.45, 2.75) is 25.4 Å². The molecule has 2 saturated heterocycles. The van der Waals surface area contributed by atoms with Crippen LogP contribution in [0.2, 0.25) is 0 Å². The van der Waals surface area contributed by atoms with Crippen molar-refractivity contribution in [3.8, 4) is 0 Å². The van der Waals surface area contributed by atoms with Gasteiger partial charge in [-0.3, -0.25) is 14.6 Å². The Kier molecular flexibility index (Phi) is 6.28. The molecule has 2 aliphatic rings. The minimum atomic E-state index is -0.0542.